The molecule has 0 radical (unpaired) electrons. The van der Waals surface area contributed by atoms with E-state index in [1.165, 1.54) is 61.7 Å². The number of fused-ring (bicyclic) bond motifs is 1. The second kappa shape index (κ2) is 11.1. The zero-order chi connectivity index (χ0) is 24.3. The molecule has 1 saturated carbocycles. The highest BCUT2D eigenvalue weighted by atomic mass is 32.1. The van der Waals surface area contributed by atoms with E-state index in [1.807, 2.05) is 6.20 Å². The molecule has 9 heteroatoms. The van der Waals surface area contributed by atoms with Crippen molar-refractivity contribution in [2.45, 2.75) is 76.4 Å². The van der Waals surface area contributed by atoms with Crippen LogP contribution in [0.5, 0.6) is 0 Å². The number of nitrogens with zero attached hydrogens (tertiary/aromatic N) is 5. The summed E-state index contributed by atoms with van der Waals surface area (Å²) in [6.07, 6.45) is 13.1. The average molecular weight is 510 g/mol. The van der Waals surface area contributed by atoms with E-state index >= 15 is 0 Å². The number of rotatable bonds is 6. The Balaban J connectivity index is 1.14. The van der Waals surface area contributed by atoms with Gasteiger partial charge in [-0.2, -0.15) is 5.10 Å². The number of thiophene rings is 1. The van der Waals surface area contributed by atoms with Gasteiger partial charge in [0, 0.05) is 51.0 Å². The van der Waals surface area contributed by atoms with E-state index in [1.54, 1.807) is 11.3 Å². The smallest absolute Gasteiger partial charge is 0.139 e. The number of nitrogens with one attached hydrogen (secondary N) is 2. The maximum Gasteiger partial charge on any atom is 0.139 e. The highest BCUT2D eigenvalue weighted by Gasteiger charge is 2.27. The molecule has 36 heavy (non-hydrogen) atoms. The summed E-state index contributed by atoms with van der Waals surface area (Å²) in [4.78, 5) is 13.8. The van der Waals surface area contributed by atoms with Gasteiger partial charge in [-0.05, 0) is 81.5 Å². The third-order valence-corrected chi connectivity index (χ3v) is 9.16. The molecule has 6 rings (SSSR count). The van der Waals surface area contributed by atoms with Crippen molar-refractivity contribution in [3.05, 3.63) is 34.7 Å². The molecule has 3 aromatic heterocycles. The summed E-state index contributed by atoms with van der Waals surface area (Å²) in [6.45, 7) is 8.55. The second-order valence-corrected chi connectivity index (χ2v) is 11.6. The summed E-state index contributed by atoms with van der Waals surface area (Å²) in [5.41, 5.74) is 2.44. The standard InChI is InChI=1S/C27H39N7OS/c1-19-18-36-27-25(19)26(30-21-3-5-22(6-4-21)33-11-2-9-28-10-12-33)31-24(32-27)15-20-16-29-34(17-20)23-7-13-35-14-8-23/h16-18,21-23,28H,2-15H2,1H3,(H,30,31,32). The van der Waals surface area contributed by atoms with Crippen molar-refractivity contribution in [3.8, 4) is 0 Å². The van der Waals surface area contributed by atoms with Crippen LogP contribution < -0.4 is 10.6 Å². The zero-order valence-corrected chi connectivity index (χ0v) is 22.2. The van der Waals surface area contributed by atoms with Gasteiger partial charge in [0.2, 0.25) is 0 Å². The Morgan fingerprint density at radius 3 is 2.78 bits per heavy atom. The number of hydrogen-bond acceptors (Lipinski definition) is 8. The highest BCUT2D eigenvalue weighted by molar-refractivity contribution is 7.17. The van der Waals surface area contributed by atoms with Gasteiger partial charge in [-0.25, -0.2) is 9.97 Å². The minimum absolute atomic E-state index is 0.439. The van der Waals surface area contributed by atoms with Crippen molar-refractivity contribution in [2.75, 3.05) is 44.7 Å². The molecule has 0 spiro atoms. The monoisotopic (exact) mass is 509 g/mol. The molecule has 3 aliphatic rings. The Hall–Kier alpha value is -2.07. The van der Waals surface area contributed by atoms with Crippen LogP contribution >= 0.6 is 11.3 Å². The number of aromatic nitrogens is 4. The Morgan fingerprint density at radius 2 is 1.92 bits per heavy atom. The summed E-state index contributed by atoms with van der Waals surface area (Å²) in [6, 6.07) is 1.65. The van der Waals surface area contributed by atoms with Gasteiger partial charge in [0.15, 0.2) is 0 Å². The molecule has 1 aliphatic carbocycles. The number of hydrogen-bond donors (Lipinski definition) is 2. The zero-order valence-electron chi connectivity index (χ0n) is 21.4. The predicted octanol–water partition coefficient (Wildman–Crippen LogP) is 4.16. The summed E-state index contributed by atoms with van der Waals surface area (Å²) >= 11 is 1.73. The lowest BCUT2D eigenvalue weighted by atomic mass is 9.90. The fourth-order valence-corrected chi connectivity index (χ4v) is 7.06. The summed E-state index contributed by atoms with van der Waals surface area (Å²) in [7, 11) is 0. The maximum absolute atomic E-state index is 5.51. The molecule has 2 N–H and O–H groups in total. The Morgan fingerprint density at radius 1 is 1.06 bits per heavy atom. The van der Waals surface area contributed by atoms with E-state index in [0.29, 0.717) is 18.5 Å². The van der Waals surface area contributed by atoms with Gasteiger partial charge < -0.3 is 15.4 Å². The van der Waals surface area contributed by atoms with Crippen LogP contribution in [0.1, 0.15) is 67.9 Å². The van der Waals surface area contributed by atoms with E-state index in [0.717, 1.165) is 61.7 Å². The largest absolute Gasteiger partial charge is 0.381 e. The van der Waals surface area contributed by atoms with Crippen molar-refractivity contribution in [2.24, 2.45) is 0 Å². The fourth-order valence-electron chi connectivity index (χ4n) is 6.12. The molecular weight excluding hydrogens is 470 g/mol. The average Bonchev–Trinajstić information content (AvgIpc) is 3.42. The summed E-state index contributed by atoms with van der Waals surface area (Å²) < 4.78 is 7.63. The van der Waals surface area contributed by atoms with Crippen LogP contribution in [0.15, 0.2) is 17.8 Å². The summed E-state index contributed by atoms with van der Waals surface area (Å²) in [5, 5.41) is 15.5. The molecule has 0 amide bonds. The lowest BCUT2D eigenvalue weighted by Crippen LogP contribution is -2.42. The number of ether oxygens (including phenoxy) is 1. The van der Waals surface area contributed by atoms with Gasteiger partial charge in [0.25, 0.3) is 0 Å². The van der Waals surface area contributed by atoms with E-state index in [-0.39, 0.29) is 0 Å². The van der Waals surface area contributed by atoms with Gasteiger partial charge in [-0.1, -0.05) is 0 Å². The van der Waals surface area contributed by atoms with Gasteiger partial charge in [-0.3, -0.25) is 9.58 Å². The van der Waals surface area contributed by atoms with E-state index in [4.69, 9.17) is 14.7 Å². The van der Waals surface area contributed by atoms with Crippen molar-refractivity contribution in [3.63, 3.8) is 0 Å². The second-order valence-electron chi connectivity index (χ2n) is 10.7. The first-order valence-electron chi connectivity index (χ1n) is 13.8. The Kier molecular flexibility index (Phi) is 7.50. The molecule has 3 aromatic rings. The number of aryl methyl sites for hydroxylation is 1. The minimum atomic E-state index is 0.439. The quantitative estimate of drug-likeness (QED) is 0.517. The lowest BCUT2D eigenvalue weighted by Gasteiger charge is -2.36. The fraction of sp³-hybridized carbons (Fsp3) is 0.667. The van der Waals surface area contributed by atoms with E-state index in [9.17, 15) is 0 Å². The van der Waals surface area contributed by atoms with Crippen LogP contribution in [0.2, 0.25) is 0 Å². The molecule has 2 saturated heterocycles. The van der Waals surface area contributed by atoms with Crippen molar-refractivity contribution >= 4 is 27.4 Å². The molecule has 0 unspecified atom stereocenters. The first kappa shape index (κ1) is 24.3. The van der Waals surface area contributed by atoms with Crippen LogP contribution in [0.25, 0.3) is 10.2 Å². The van der Waals surface area contributed by atoms with E-state index in [2.05, 4.69) is 43.8 Å². The molecular formula is C27H39N7OS. The normalized spacial score (nSPS) is 24.7. The lowest BCUT2D eigenvalue weighted by molar-refractivity contribution is 0.0662. The third-order valence-electron chi connectivity index (χ3n) is 8.17. The van der Waals surface area contributed by atoms with Crippen LogP contribution in [0.3, 0.4) is 0 Å². The molecule has 0 bridgehead atoms. The van der Waals surface area contributed by atoms with Gasteiger partial charge in [-0.15, -0.1) is 11.3 Å². The first-order chi connectivity index (χ1) is 17.7. The third kappa shape index (κ3) is 5.44. The Labute approximate surface area is 217 Å². The van der Waals surface area contributed by atoms with Gasteiger partial charge in [0.1, 0.15) is 16.5 Å². The van der Waals surface area contributed by atoms with Gasteiger partial charge in [0.05, 0.1) is 17.6 Å². The van der Waals surface area contributed by atoms with E-state index < -0.39 is 0 Å². The first-order valence-corrected chi connectivity index (χ1v) is 14.7. The van der Waals surface area contributed by atoms with Crippen LogP contribution in [-0.4, -0.2) is 76.1 Å². The SMILES string of the molecule is Cc1csc2nc(Cc3cnn(C4CCOCC4)c3)nc(NC3CCC(N4CCCNCC4)CC3)c12. The summed E-state index contributed by atoms with van der Waals surface area (Å²) in [5.74, 6) is 1.90. The van der Waals surface area contributed by atoms with Crippen molar-refractivity contribution in [1.82, 2.24) is 30.0 Å². The molecule has 2 aliphatic heterocycles. The van der Waals surface area contributed by atoms with Crippen LogP contribution in [0, 0.1) is 6.92 Å². The van der Waals surface area contributed by atoms with Crippen molar-refractivity contribution < 1.29 is 4.74 Å². The number of anilines is 1. The molecule has 0 aromatic carbocycles. The topological polar surface area (TPSA) is 80.1 Å². The molecule has 5 heterocycles. The van der Waals surface area contributed by atoms with Gasteiger partial charge >= 0.3 is 0 Å². The Bertz CT molecular complexity index is 1140. The molecule has 8 nitrogen and oxygen atoms in total. The molecule has 3 fully saturated rings. The maximum atomic E-state index is 5.51. The van der Waals surface area contributed by atoms with Crippen molar-refractivity contribution in [1.29, 1.82) is 0 Å². The molecule has 0 atom stereocenters. The highest BCUT2D eigenvalue weighted by Crippen LogP contribution is 2.33. The minimum Gasteiger partial charge on any atom is -0.381 e. The molecule has 194 valence electrons. The predicted molar refractivity (Wildman–Crippen MR) is 145 cm³/mol. The van der Waals surface area contributed by atoms with Crippen LogP contribution in [0.4, 0.5) is 5.82 Å². The van der Waals surface area contributed by atoms with Crippen LogP contribution in [-0.2, 0) is 11.2 Å².